The molecule has 168 valence electrons. The third-order valence-corrected chi connectivity index (χ3v) is 7.18. The number of carbonyl (C=O) groups is 2. The maximum absolute atomic E-state index is 13.2. The van der Waals surface area contributed by atoms with Crippen LogP contribution in [0.15, 0.2) is 64.2 Å². The van der Waals surface area contributed by atoms with Gasteiger partial charge in [-0.2, -0.15) is 0 Å². The van der Waals surface area contributed by atoms with Gasteiger partial charge in [0, 0.05) is 50.4 Å². The molecule has 1 aromatic carbocycles. The summed E-state index contributed by atoms with van der Waals surface area (Å²) in [6, 6.07) is 12.2. The van der Waals surface area contributed by atoms with Crippen molar-refractivity contribution in [2.24, 2.45) is 0 Å². The van der Waals surface area contributed by atoms with Crippen molar-refractivity contribution in [3.8, 4) is 0 Å². The fourth-order valence-corrected chi connectivity index (χ4v) is 5.21. The van der Waals surface area contributed by atoms with Crippen molar-refractivity contribution in [3.63, 3.8) is 0 Å². The molecular weight excluding hydrogens is 458 g/mol. The summed E-state index contributed by atoms with van der Waals surface area (Å²) >= 11 is 2.79. The van der Waals surface area contributed by atoms with E-state index in [0.29, 0.717) is 53.8 Å². The third kappa shape index (κ3) is 4.58. The molecule has 5 rings (SSSR count). The van der Waals surface area contributed by atoms with Gasteiger partial charge in [0.1, 0.15) is 0 Å². The van der Waals surface area contributed by atoms with E-state index in [9.17, 15) is 14.4 Å². The monoisotopic (exact) mass is 479 g/mol. The average Bonchev–Trinajstić information content (AvgIpc) is 3.52. The summed E-state index contributed by atoms with van der Waals surface area (Å²) in [5.41, 5.74) is 1.65. The maximum Gasteiger partial charge on any atom is 0.265 e. The zero-order chi connectivity index (χ0) is 22.8. The van der Waals surface area contributed by atoms with Crippen molar-refractivity contribution < 1.29 is 9.59 Å². The van der Waals surface area contributed by atoms with Gasteiger partial charge in [-0.25, -0.2) is 4.98 Å². The Hall–Kier alpha value is -3.34. The number of fused-ring (bicyclic) bond motifs is 1. The second-order valence-electron chi connectivity index (χ2n) is 7.69. The third-order valence-electron chi connectivity index (χ3n) is 5.55. The largest absolute Gasteiger partial charge is 0.336 e. The highest BCUT2D eigenvalue weighted by Crippen LogP contribution is 2.21. The first-order valence-electron chi connectivity index (χ1n) is 10.5. The lowest BCUT2D eigenvalue weighted by atomic mass is 10.1. The molecule has 8 nitrogen and oxygen atoms in total. The number of piperazine rings is 1. The SMILES string of the molecule is O=C(Nc1ccccc1C(=O)N1CCN(Cc2cc(=O)n3ccsc3n2)CC1)c1cccs1. The summed E-state index contributed by atoms with van der Waals surface area (Å²) in [7, 11) is 0. The molecular formula is C23H21N5O3S2. The Bertz CT molecular complexity index is 1350. The van der Waals surface area contributed by atoms with E-state index in [4.69, 9.17) is 0 Å². The van der Waals surface area contributed by atoms with Crippen LogP contribution in [0, 0.1) is 0 Å². The molecule has 1 saturated heterocycles. The zero-order valence-electron chi connectivity index (χ0n) is 17.6. The van der Waals surface area contributed by atoms with Gasteiger partial charge in [-0.15, -0.1) is 22.7 Å². The number of para-hydroxylation sites is 1. The van der Waals surface area contributed by atoms with Crippen LogP contribution in [0.25, 0.3) is 4.96 Å². The molecule has 1 fully saturated rings. The number of nitrogens with zero attached hydrogens (tertiary/aromatic N) is 4. The lowest BCUT2D eigenvalue weighted by molar-refractivity contribution is 0.0628. The van der Waals surface area contributed by atoms with Crippen molar-refractivity contribution in [2.75, 3.05) is 31.5 Å². The molecule has 0 aliphatic carbocycles. The molecule has 1 aliphatic rings. The highest BCUT2D eigenvalue weighted by molar-refractivity contribution is 7.15. The van der Waals surface area contributed by atoms with Crippen molar-refractivity contribution in [1.29, 1.82) is 0 Å². The van der Waals surface area contributed by atoms with E-state index in [1.807, 2.05) is 16.8 Å². The number of thiophene rings is 1. The van der Waals surface area contributed by atoms with Gasteiger partial charge in [0.05, 0.1) is 21.8 Å². The molecule has 0 bridgehead atoms. The molecule has 1 N–H and O–H groups in total. The second kappa shape index (κ2) is 9.26. The smallest absolute Gasteiger partial charge is 0.265 e. The normalized spacial score (nSPS) is 14.5. The number of rotatable bonds is 5. The van der Waals surface area contributed by atoms with Gasteiger partial charge in [-0.3, -0.25) is 23.7 Å². The number of hydrogen-bond donors (Lipinski definition) is 1. The highest BCUT2D eigenvalue weighted by Gasteiger charge is 2.25. The Morgan fingerprint density at radius 3 is 2.61 bits per heavy atom. The number of benzene rings is 1. The summed E-state index contributed by atoms with van der Waals surface area (Å²) in [5, 5.41) is 6.56. The minimum atomic E-state index is -0.221. The van der Waals surface area contributed by atoms with Gasteiger partial charge in [-0.1, -0.05) is 18.2 Å². The van der Waals surface area contributed by atoms with Crippen molar-refractivity contribution in [2.45, 2.75) is 6.54 Å². The molecule has 0 spiro atoms. The van der Waals surface area contributed by atoms with Gasteiger partial charge >= 0.3 is 0 Å². The number of nitrogens with one attached hydrogen (secondary N) is 1. The second-order valence-corrected chi connectivity index (χ2v) is 9.51. The van der Waals surface area contributed by atoms with E-state index in [1.54, 1.807) is 51.9 Å². The van der Waals surface area contributed by atoms with E-state index in [2.05, 4.69) is 15.2 Å². The van der Waals surface area contributed by atoms with Crippen molar-refractivity contribution in [3.05, 3.63) is 85.9 Å². The Kier molecular flexibility index (Phi) is 6.03. The quantitative estimate of drug-likeness (QED) is 0.476. The topological polar surface area (TPSA) is 87.0 Å². The molecule has 0 saturated carbocycles. The Morgan fingerprint density at radius 1 is 1.00 bits per heavy atom. The van der Waals surface area contributed by atoms with Gasteiger partial charge in [0.25, 0.3) is 17.4 Å². The molecule has 0 radical (unpaired) electrons. The van der Waals surface area contributed by atoms with Crippen molar-refractivity contribution in [1.82, 2.24) is 19.2 Å². The Balaban J connectivity index is 1.23. The van der Waals surface area contributed by atoms with Crippen LogP contribution in [0.3, 0.4) is 0 Å². The van der Waals surface area contributed by atoms with Gasteiger partial charge in [-0.05, 0) is 23.6 Å². The minimum absolute atomic E-state index is 0.0775. The number of amides is 2. The number of anilines is 1. The van der Waals surface area contributed by atoms with Gasteiger partial charge < -0.3 is 10.2 Å². The fraction of sp³-hybridized carbons (Fsp3) is 0.217. The number of carbonyl (C=O) groups excluding carboxylic acids is 2. The summed E-state index contributed by atoms with van der Waals surface area (Å²) in [4.78, 5) is 47.8. The van der Waals surface area contributed by atoms with Crippen LogP contribution in [0.5, 0.6) is 0 Å². The maximum atomic E-state index is 13.2. The van der Waals surface area contributed by atoms with Crippen LogP contribution in [0.2, 0.25) is 0 Å². The molecule has 4 heterocycles. The van der Waals surface area contributed by atoms with Crippen LogP contribution < -0.4 is 10.9 Å². The first kappa shape index (κ1) is 21.5. The molecule has 0 unspecified atom stereocenters. The first-order chi connectivity index (χ1) is 16.1. The molecule has 3 aromatic heterocycles. The van der Waals surface area contributed by atoms with Crippen LogP contribution in [0.1, 0.15) is 25.7 Å². The summed E-state index contributed by atoms with van der Waals surface area (Å²) in [6.07, 6.45) is 1.73. The van der Waals surface area contributed by atoms with Crippen LogP contribution in [-0.2, 0) is 6.54 Å². The Morgan fingerprint density at radius 2 is 1.82 bits per heavy atom. The fourth-order valence-electron chi connectivity index (χ4n) is 3.85. The highest BCUT2D eigenvalue weighted by atomic mass is 32.1. The predicted octanol–water partition coefficient (Wildman–Crippen LogP) is 3.03. The molecule has 4 aromatic rings. The average molecular weight is 480 g/mol. The standard InChI is InChI=1S/C23H21N5O3S2/c29-20-14-16(24-23-28(20)11-13-33-23)15-26-7-9-27(10-8-26)22(31)17-4-1-2-5-18(17)25-21(30)19-6-3-12-32-19/h1-6,11-14H,7-10,15H2,(H,25,30). The van der Waals surface area contributed by atoms with E-state index in [0.717, 1.165) is 5.69 Å². The first-order valence-corrected chi connectivity index (χ1v) is 12.3. The number of aromatic nitrogens is 2. The van der Waals surface area contributed by atoms with Gasteiger partial charge in [0.2, 0.25) is 0 Å². The number of thiazole rings is 1. The van der Waals surface area contributed by atoms with E-state index >= 15 is 0 Å². The summed E-state index contributed by atoms with van der Waals surface area (Å²) < 4.78 is 1.54. The molecule has 2 amide bonds. The molecule has 1 aliphatic heterocycles. The van der Waals surface area contributed by atoms with Crippen LogP contribution in [0.4, 0.5) is 5.69 Å². The lowest BCUT2D eigenvalue weighted by Crippen LogP contribution is -2.48. The Labute approximate surface area is 197 Å². The van der Waals surface area contributed by atoms with Crippen LogP contribution >= 0.6 is 22.7 Å². The zero-order valence-corrected chi connectivity index (χ0v) is 19.3. The molecule has 0 atom stereocenters. The van der Waals surface area contributed by atoms with Gasteiger partial charge in [0.15, 0.2) is 4.96 Å². The molecule has 33 heavy (non-hydrogen) atoms. The summed E-state index contributed by atoms with van der Waals surface area (Å²) in [6.45, 7) is 3.06. The predicted molar refractivity (Wildman–Crippen MR) is 129 cm³/mol. The summed E-state index contributed by atoms with van der Waals surface area (Å²) in [5.74, 6) is -0.325. The minimum Gasteiger partial charge on any atom is -0.336 e. The van der Waals surface area contributed by atoms with Crippen molar-refractivity contribution >= 4 is 45.1 Å². The number of hydrogen-bond acceptors (Lipinski definition) is 7. The van der Waals surface area contributed by atoms with E-state index in [-0.39, 0.29) is 17.4 Å². The molecule has 10 heteroatoms. The lowest BCUT2D eigenvalue weighted by Gasteiger charge is -2.34. The van der Waals surface area contributed by atoms with Crippen LogP contribution in [-0.4, -0.2) is 57.2 Å². The van der Waals surface area contributed by atoms with E-state index in [1.165, 1.54) is 22.7 Å². The van der Waals surface area contributed by atoms with E-state index < -0.39 is 0 Å².